The van der Waals surface area contributed by atoms with E-state index in [-0.39, 0.29) is 11.3 Å². The number of benzene rings is 2. The minimum Gasteiger partial charge on any atom is -0.396 e. The highest BCUT2D eigenvalue weighted by Crippen LogP contribution is 2.28. The molecule has 4 rings (SSSR count). The lowest BCUT2D eigenvalue weighted by atomic mass is 10.0. The van der Waals surface area contributed by atoms with E-state index in [0.29, 0.717) is 23.4 Å². The van der Waals surface area contributed by atoms with Gasteiger partial charge in [-0.1, -0.05) is 30.3 Å². The first kappa shape index (κ1) is 17.6. The molecule has 4 aromatic rings. The van der Waals surface area contributed by atoms with Crippen LogP contribution in [0.1, 0.15) is 21.5 Å². The number of nitrogens with one attached hydrogen (secondary N) is 2. The highest BCUT2D eigenvalue weighted by atomic mass is 19.1. The summed E-state index contributed by atoms with van der Waals surface area (Å²) in [5.74, 6) is -2.54. The minimum absolute atomic E-state index is 0.0505. The molecule has 28 heavy (non-hydrogen) atoms. The average Bonchev–Trinajstić information content (AvgIpc) is 3.15. The zero-order valence-electron chi connectivity index (χ0n) is 14.5. The average molecular weight is 379 g/mol. The Morgan fingerprint density at radius 1 is 1.11 bits per heavy atom. The van der Waals surface area contributed by atoms with Crippen LogP contribution in [0.5, 0.6) is 0 Å². The van der Waals surface area contributed by atoms with Crippen LogP contribution in [0, 0.1) is 11.6 Å². The number of ketones is 1. The largest absolute Gasteiger partial charge is 0.396 e. The van der Waals surface area contributed by atoms with Gasteiger partial charge in [-0.3, -0.25) is 4.79 Å². The van der Waals surface area contributed by atoms with E-state index in [2.05, 4.69) is 20.3 Å². The molecule has 6 nitrogen and oxygen atoms in total. The first-order chi connectivity index (χ1) is 13.6. The smallest absolute Gasteiger partial charge is 0.201 e. The van der Waals surface area contributed by atoms with Gasteiger partial charge < -0.3 is 16.0 Å². The number of hydrogen-bond acceptors (Lipinski definition) is 5. The quantitative estimate of drug-likeness (QED) is 0.363. The van der Waals surface area contributed by atoms with Crippen molar-refractivity contribution in [2.24, 2.45) is 0 Å². The molecule has 2 aromatic carbocycles. The van der Waals surface area contributed by atoms with E-state index in [0.717, 1.165) is 17.7 Å². The van der Waals surface area contributed by atoms with Crippen LogP contribution in [-0.4, -0.2) is 20.7 Å². The van der Waals surface area contributed by atoms with Gasteiger partial charge in [0.15, 0.2) is 5.82 Å². The van der Waals surface area contributed by atoms with Crippen molar-refractivity contribution in [2.75, 3.05) is 11.1 Å². The standard InChI is InChI=1S/C20H15F2N5O/c21-13-6-7-14(23)17(22)16(13)18(28)12-9-25-20-15(12)19(26-10-27-20)24-8-11-4-2-1-3-5-11/h1-7,9-10H,8,23H2,(H2,24,25,26,27). The van der Waals surface area contributed by atoms with E-state index in [9.17, 15) is 13.6 Å². The molecule has 140 valence electrons. The van der Waals surface area contributed by atoms with E-state index in [4.69, 9.17) is 5.73 Å². The maximum absolute atomic E-state index is 14.3. The normalized spacial score (nSPS) is 10.9. The molecule has 2 heterocycles. The van der Waals surface area contributed by atoms with Crippen molar-refractivity contribution in [3.63, 3.8) is 0 Å². The maximum atomic E-state index is 14.3. The third-order valence-corrected chi connectivity index (χ3v) is 4.37. The Morgan fingerprint density at radius 3 is 2.68 bits per heavy atom. The van der Waals surface area contributed by atoms with Gasteiger partial charge >= 0.3 is 0 Å². The van der Waals surface area contributed by atoms with Crippen molar-refractivity contribution < 1.29 is 13.6 Å². The topological polar surface area (TPSA) is 96.7 Å². The van der Waals surface area contributed by atoms with Crippen LogP contribution in [-0.2, 0) is 6.54 Å². The molecular formula is C20H15F2N5O. The van der Waals surface area contributed by atoms with Gasteiger partial charge in [-0.15, -0.1) is 0 Å². The third-order valence-electron chi connectivity index (χ3n) is 4.37. The molecule has 8 heteroatoms. The molecule has 0 aliphatic heterocycles. The number of aromatic nitrogens is 3. The Hall–Kier alpha value is -3.81. The lowest BCUT2D eigenvalue weighted by molar-refractivity contribution is 0.103. The van der Waals surface area contributed by atoms with E-state index < -0.39 is 23.0 Å². The molecule has 0 saturated carbocycles. The molecular weight excluding hydrogens is 364 g/mol. The van der Waals surface area contributed by atoms with Crippen molar-refractivity contribution in [1.29, 1.82) is 0 Å². The molecule has 0 fully saturated rings. The van der Waals surface area contributed by atoms with E-state index in [1.165, 1.54) is 12.5 Å². The highest BCUT2D eigenvalue weighted by Gasteiger charge is 2.25. The second kappa shape index (κ2) is 7.07. The summed E-state index contributed by atoms with van der Waals surface area (Å²) in [7, 11) is 0. The van der Waals surface area contributed by atoms with Crippen molar-refractivity contribution in [3.05, 3.63) is 83.3 Å². The Bertz CT molecular complexity index is 1170. The fourth-order valence-electron chi connectivity index (χ4n) is 2.97. The summed E-state index contributed by atoms with van der Waals surface area (Å²) in [4.78, 5) is 24.0. The molecule has 0 aliphatic carbocycles. The summed E-state index contributed by atoms with van der Waals surface area (Å²) in [6.45, 7) is 0.451. The van der Waals surface area contributed by atoms with Gasteiger partial charge in [0.2, 0.25) is 5.78 Å². The molecule has 4 N–H and O–H groups in total. The number of nitrogens with two attached hydrogens (primary N) is 1. The van der Waals surface area contributed by atoms with Gasteiger partial charge in [-0.2, -0.15) is 0 Å². The maximum Gasteiger partial charge on any atom is 0.201 e. The van der Waals surface area contributed by atoms with Gasteiger partial charge in [0.25, 0.3) is 0 Å². The first-order valence-corrected chi connectivity index (χ1v) is 8.44. The lowest BCUT2D eigenvalue weighted by Gasteiger charge is -2.09. The van der Waals surface area contributed by atoms with Gasteiger partial charge in [0.05, 0.1) is 22.2 Å². The number of aromatic amines is 1. The summed E-state index contributed by atoms with van der Waals surface area (Å²) in [5, 5.41) is 3.49. The number of halogens is 2. The summed E-state index contributed by atoms with van der Waals surface area (Å²) in [6, 6.07) is 11.6. The van der Waals surface area contributed by atoms with Crippen LogP contribution in [0.2, 0.25) is 0 Å². The van der Waals surface area contributed by atoms with Crippen molar-refractivity contribution >= 4 is 28.3 Å². The molecule has 0 unspecified atom stereocenters. The number of fused-ring (bicyclic) bond motifs is 1. The fraction of sp³-hybridized carbons (Fsp3) is 0.0500. The molecule has 0 bridgehead atoms. The fourth-order valence-corrected chi connectivity index (χ4v) is 2.97. The molecule has 0 aliphatic rings. The van der Waals surface area contributed by atoms with E-state index in [1.54, 1.807) is 0 Å². The van der Waals surface area contributed by atoms with Gasteiger partial charge in [-0.25, -0.2) is 18.7 Å². The number of carbonyl (C=O) groups excluding carboxylic acids is 1. The molecule has 0 saturated heterocycles. The van der Waals surface area contributed by atoms with Crippen LogP contribution in [0.25, 0.3) is 11.0 Å². The summed E-state index contributed by atoms with van der Waals surface area (Å²) >= 11 is 0. The number of H-pyrrole nitrogens is 1. The second-order valence-corrected chi connectivity index (χ2v) is 6.14. The van der Waals surface area contributed by atoms with Gasteiger partial charge in [0.1, 0.15) is 23.6 Å². The minimum atomic E-state index is -1.09. The number of anilines is 2. The molecule has 2 aromatic heterocycles. The van der Waals surface area contributed by atoms with Crippen LogP contribution in [0.15, 0.2) is 55.0 Å². The predicted molar refractivity (Wildman–Crippen MR) is 102 cm³/mol. The SMILES string of the molecule is Nc1ccc(F)c(C(=O)c2c[nH]c3ncnc(NCc4ccccc4)c23)c1F. The van der Waals surface area contributed by atoms with Gasteiger partial charge in [-0.05, 0) is 17.7 Å². The Balaban J connectivity index is 1.77. The van der Waals surface area contributed by atoms with Crippen LogP contribution >= 0.6 is 0 Å². The van der Waals surface area contributed by atoms with Crippen LogP contribution in [0.4, 0.5) is 20.3 Å². The van der Waals surface area contributed by atoms with E-state index >= 15 is 0 Å². The third kappa shape index (κ3) is 3.05. The molecule has 0 radical (unpaired) electrons. The van der Waals surface area contributed by atoms with Crippen molar-refractivity contribution in [3.8, 4) is 0 Å². The van der Waals surface area contributed by atoms with Crippen LogP contribution in [0.3, 0.4) is 0 Å². The number of carbonyl (C=O) groups is 1. The number of hydrogen-bond donors (Lipinski definition) is 3. The first-order valence-electron chi connectivity index (χ1n) is 8.44. The lowest BCUT2D eigenvalue weighted by Crippen LogP contribution is -2.10. The predicted octanol–water partition coefficient (Wildman–Crippen LogP) is 3.66. The van der Waals surface area contributed by atoms with Gasteiger partial charge in [0, 0.05) is 12.7 Å². The number of nitrogens with zero attached hydrogens (tertiary/aromatic N) is 2. The molecule has 0 spiro atoms. The van der Waals surface area contributed by atoms with Crippen molar-refractivity contribution in [2.45, 2.75) is 6.54 Å². The molecule has 0 amide bonds. The van der Waals surface area contributed by atoms with E-state index in [1.807, 2.05) is 30.3 Å². The summed E-state index contributed by atoms with van der Waals surface area (Å²) < 4.78 is 28.5. The summed E-state index contributed by atoms with van der Waals surface area (Å²) in [6.07, 6.45) is 2.69. The Labute approximate surface area is 158 Å². The molecule has 0 atom stereocenters. The zero-order chi connectivity index (χ0) is 19.7. The van der Waals surface area contributed by atoms with Crippen molar-refractivity contribution in [1.82, 2.24) is 15.0 Å². The summed E-state index contributed by atoms with van der Waals surface area (Å²) in [5.41, 5.74) is 5.91. The second-order valence-electron chi connectivity index (χ2n) is 6.14. The monoisotopic (exact) mass is 379 g/mol. The van der Waals surface area contributed by atoms with Crippen LogP contribution < -0.4 is 11.1 Å². The number of nitrogen functional groups attached to an aromatic ring is 1. The zero-order valence-corrected chi connectivity index (χ0v) is 14.5. The Morgan fingerprint density at radius 2 is 1.89 bits per heavy atom. The number of rotatable bonds is 5. The highest BCUT2D eigenvalue weighted by molar-refractivity contribution is 6.18. The Kier molecular flexibility index (Phi) is 4.44.